The van der Waals surface area contributed by atoms with Crippen LogP contribution < -0.4 is 10.6 Å². The zero-order valence-electron chi connectivity index (χ0n) is 15.4. The van der Waals surface area contributed by atoms with Crippen LogP contribution in [0.2, 0.25) is 0 Å². The monoisotopic (exact) mass is 406 g/mol. The fourth-order valence-corrected chi connectivity index (χ4v) is 3.51. The van der Waals surface area contributed by atoms with Crippen LogP contribution in [-0.2, 0) is 19.4 Å². The van der Waals surface area contributed by atoms with Crippen LogP contribution in [0, 0.1) is 6.92 Å². The minimum absolute atomic E-state index is 0.131. The minimum Gasteiger partial charge on any atom is -0.325 e. The van der Waals surface area contributed by atoms with Crippen LogP contribution >= 0.6 is 11.8 Å². The summed E-state index contributed by atoms with van der Waals surface area (Å²) < 4.78 is 23.2. The SMILES string of the molecule is Cc1ccc(NC(=O)CS[C@@H](C)C(=O)Nc2cccc(S(C)(=O)=O)c2)cc1. The highest BCUT2D eigenvalue weighted by molar-refractivity contribution is 8.01. The quantitative estimate of drug-likeness (QED) is 0.737. The Hall–Kier alpha value is -2.32. The number of carbonyl (C=O) groups is 2. The maximum absolute atomic E-state index is 12.3. The van der Waals surface area contributed by atoms with Gasteiger partial charge in [-0.15, -0.1) is 11.8 Å². The molecular formula is C19H22N2O4S2. The van der Waals surface area contributed by atoms with Crippen LogP contribution in [0.5, 0.6) is 0 Å². The van der Waals surface area contributed by atoms with Gasteiger partial charge in [0.1, 0.15) is 0 Å². The molecule has 0 unspecified atom stereocenters. The Kier molecular flexibility index (Phi) is 7.04. The smallest absolute Gasteiger partial charge is 0.237 e. The van der Waals surface area contributed by atoms with Crippen LogP contribution in [0.4, 0.5) is 11.4 Å². The van der Waals surface area contributed by atoms with Crippen molar-refractivity contribution in [3.8, 4) is 0 Å². The van der Waals surface area contributed by atoms with Gasteiger partial charge in [-0.05, 0) is 44.2 Å². The Morgan fingerprint density at radius 1 is 1.04 bits per heavy atom. The molecule has 1 atom stereocenters. The first-order chi connectivity index (χ1) is 12.6. The molecule has 27 heavy (non-hydrogen) atoms. The van der Waals surface area contributed by atoms with Gasteiger partial charge >= 0.3 is 0 Å². The largest absolute Gasteiger partial charge is 0.325 e. The van der Waals surface area contributed by atoms with E-state index in [2.05, 4.69) is 10.6 Å². The van der Waals surface area contributed by atoms with Gasteiger partial charge in [-0.3, -0.25) is 9.59 Å². The lowest BCUT2D eigenvalue weighted by molar-refractivity contribution is -0.115. The summed E-state index contributed by atoms with van der Waals surface area (Å²) in [7, 11) is -3.34. The predicted octanol–water partition coefficient (Wildman–Crippen LogP) is 3.10. The molecule has 0 aliphatic heterocycles. The number of thioether (sulfide) groups is 1. The molecule has 0 aliphatic carbocycles. The van der Waals surface area contributed by atoms with E-state index in [0.29, 0.717) is 11.4 Å². The first-order valence-electron chi connectivity index (χ1n) is 8.24. The van der Waals surface area contributed by atoms with E-state index >= 15 is 0 Å². The third-order valence-corrected chi connectivity index (χ3v) is 5.95. The number of aryl methyl sites for hydroxylation is 1. The lowest BCUT2D eigenvalue weighted by Gasteiger charge is -2.13. The van der Waals surface area contributed by atoms with Crippen molar-refractivity contribution in [3.05, 3.63) is 54.1 Å². The molecule has 0 saturated carbocycles. The van der Waals surface area contributed by atoms with E-state index < -0.39 is 15.1 Å². The van der Waals surface area contributed by atoms with Gasteiger partial charge in [-0.2, -0.15) is 0 Å². The first-order valence-corrected chi connectivity index (χ1v) is 11.2. The van der Waals surface area contributed by atoms with Crippen LogP contribution in [0.3, 0.4) is 0 Å². The topological polar surface area (TPSA) is 92.3 Å². The van der Waals surface area contributed by atoms with Crippen molar-refractivity contribution in [1.29, 1.82) is 0 Å². The fourth-order valence-electron chi connectivity index (χ4n) is 2.16. The molecule has 0 aliphatic rings. The summed E-state index contributed by atoms with van der Waals surface area (Å²) in [6, 6.07) is 13.5. The number of rotatable bonds is 7. The summed E-state index contributed by atoms with van der Waals surface area (Å²) in [4.78, 5) is 24.4. The number of benzene rings is 2. The number of amides is 2. The second kappa shape index (κ2) is 9.05. The van der Waals surface area contributed by atoms with Crippen LogP contribution in [-0.4, -0.2) is 37.5 Å². The maximum Gasteiger partial charge on any atom is 0.237 e. The van der Waals surface area contributed by atoms with Gasteiger partial charge in [0, 0.05) is 17.6 Å². The summed E-state index contributed by atoms with van der Waals surface area (Å²) in [6.45, 7) is 3.66. The molecule has 0 spiro atoms. The summed E-state index contributed by atoms with van der Waals surface area (Å²) in [5, 5.41) is 4.98. The number of hydrogen-bond acceptors (Lipinski definition) is 5. The Bertz CT molecular complexity index is 925. The molecule has 0 fully saturated rings. The molecule has 2 aromatic rings. The van der Waals surface area contributed by atoms with E-state index in [0.717, 1.165) is 11.8 Å². The fraction of sp³-hybridized carbons (Fsp3) is 0.263. The average molecular weight is 407 g/mol. The van der Waals surface area contributed by atoms with Gasteiger partial charge in [-0.1, -0.05) is 23.8 Å². The van der Waals surface area contributed by atoms with Gasteiger partial charge in [0.25, 0.3) is 0 Å². The number of hydrogen-bond donors (Lipinski definition) is 2. The second-order valence-corrected chi connectivity index (χ2v) is 9.50. The molecule has 2 rings (SSSR count). The highest BCUT2D eigenvalue weighted by Gasteiger charge is 2.16. The number of carbonyl (C=O) groups excluding carboxylic acids is 2. The minimum atomic E-state index is -3.34. The standard InChI is InChI=1S/C19H22N2O4S2/c1-13-7-9-15(10-8-13)20-18(22)12-26-14(2)19(23)21-16-5-4-6-17(11-16)27(3,24)25/h4-11,14H,12H2,1-3H3,(H,20,22)(H,21,23)/t14-/m0/s1. The van der Waals surface area contributed by atoms with E-state index in [-0.39, 0.29) is 22.5 Å². The second-order valence-electron chi connectivity index (χ2n) is 6.16. The maximum atomic E-state index is 12.3. The van der Waals surface area contributed by atoms with Gasteiger partial charge in [0.15, 0.2) is 9.84 Å². The normalized spacial score (nSPS) is 12.3. The molecule has 2 aromatic carbocycles. The van der Waals surface area contributed by atoms with Crippen molar-refractivity contribution >= 4 is 44.8 Å². The summed E-state index contributed by atoms with van der Waals surface area (Å²) in [5.41, 5.74) is 2.22. The lowest BCUT2D eigenvalue weighted by atomic mass is 10.2. The average Bonchev–Trinajstić information content (AvgIpc) is 2.61. The van der Waals surface area contributed by atoms with Crippen molar-refractivity contribution in [2.45, 2.75) is 24.0 Å². The van der Waals surface area contributed by atoms with Gasteiger partial charge in [0.2, 0.25) is 11.8 Å². The lowest BCUT2D eigenvalue weighted by Crippen LogP contribution is -2.25. The Labute approximate surface area is 163 Å². The van der Waals surface area contributed by atoms with Gasteiger partial charge in [-0.25, -0.2) is 8.42 Å². The predicted molar refractivity (Wildman–Crippen MR) is 110 cm³/mol. The van der Waals surface area contributed by atoms with Crippen molar-refractivity contribution in [2.75, 3.05) is 22.6 Å². The molecule has 0 aromatic heterocycles. The molecule has 0 saturated heterocycles. The zero-order chi connectivity index (χ0) is 20.0. The summed E-state index contributed by atoms with van der Waals surface area (Å²) in [6.07, 6.45) is 1.11. The Morgan fingerprint density at radius 2 is 1.70 bits per heavy atom. The Morgan fingerprint density at radius 3 is 2.33 bits per heavy atom. The molecule has 2 N–H and O–H groups in total. The van der Waals surface area contributed by atoms with Gasteiger partial charge < -0.3 is 10.6 Å². The molecule has 144 valence electrons. The van der Waals surface area contributed by atoms with Crippen LogP contribution in [0.1, 0.15) is 12.5 Å². The third-order valence-electron chi connectivity index (χ3n) is 3.70. The zero-order valence-corrected chi connectivity index (χ0v) is 17.0. The van der Waals surface area contributed by atoms with E-state index in [4.69, 9.17) is 0 Å². The van der Waals surface area contributed by atoms with Gasteiger partial charge in [0.05, 0.1) is 15.9 Å². The summed E-state index contributed by atoms with van der Waals surface area (Å²) >= 11 is 1.20. The molecule has 0 radical (unpaired) electrons. The molecular weight excluding hydrogens is 384 g/mol. The highest BCUT2D eigenvalue weighted by Crippen LogP contribution is 2.18. The molecule has 0 heterocycles. The summed E-state index contributed by atoms with van der Waals surface area (Å²) in [5.74, 6) is -0.359. The Balaban J connectivity index is 1.86. The van der Waals surface area contributed by atoms with Crippen LogP contribution in [0.25, 0.3) is 0 Å². The first kappa shape index (κ1) is 21.0. The van der Waals surface area contributed by atoms with E-state index in [1.54, 1.807) is 19.1 Å². The molecule has 0 bridgehead atoms. The molecule has 6 nitrogen and oxygen atoms in total. The van der Waals surface area contributed by atoms with E-state index in [1.165, 1.54) is 23.9 Å². The van der Waals surface area contributed by atoms with Crippen molar-refractivity contribution in [2.24, 2.45) is 0 Å². The third kappa shape index (κ3) is 6.73. The number of nitrogens with one attached hydrogen (secondary N) is 2. The van der Waals surface area contributed by atoms with Crippen LogP contribution in [0.15, 0.2) is 53.4 Å². The molecule has 2 amide bonds. The molecule has 8 heteroatoms. The number of anilines is 2. The highest BCUT2D eigenvalue weighted by atomic mass is 32.2. The number of sulfone groups is 1. The van der Waals surface area contributed by atoms with Crippen molar-refractivity contribution < 1.29 is 18.0 Å². The van der Waals surface area contributed by atoms with Crippen molar-refractivity contribution in [3.63, 3.8) is 0 Å². The van der Waals surface area contributed by atoms with Crippen molar-refractivity contribution in [1.82, 2.24) is 0 Å². The van der Waals surface area contributed by atoms with E-state index in [1.807, 2.05) is 31.2 Å². The van der Waals surface area contributed by atoms with E-state index in [9.17, 15) is 18.0 Å².